The number of aromatic nitrogens is 2. The van der Waals surface area contributed by atoms with Crippen molar-refractivity contribution < 1.29 is 5.11 Å². The minimum absolute atomic E-state index is 0.0294. The Morgan fingerprint density at radius 1 is 1.41 bits per heavy atom. The van der Waals surface area contributed by atoms with Crippen LogP contribution < -0.4 is 10.6 Å². The van der Waals surface area contributed by atoms with Gasteiger partial charge in [-0.1, -0.05) is 13.8 Å². The third-order valence-corrected chi connectivity index (χ3v) is 3.10. The average Bonchev–Trinajstić information content (AvgIpc) is 2.75. The molecule has 3 N–H and O–H groups in total. The minimum atomic E-state index is -0.355. The Morgan fingerprint density at radius 2 is 2.24 bits per heavy atom. The fourth-order valence-corrected chi connectivity index (χ4v) is 1.98. The van der Waals surface area contributed by atoms with Crippen molar-refractivity contribution in [2.75, 3.05) is 18.4 Å². The zero-order chi connectivity index (χ0) is 12.3. The third-order valence-electron chi connectivity index (χ3n) is 3.10. The first-order chi connectivity index (χ1) is 8.24. The maximum Gasteiger partial charge on any atom is 0.148 e. The molecule has 2 rings (SSSR count). The van der Waals surface area contributed by atoms with E-state index in [2.05, 4.69) is 34.4 Å². The van der Waals surface area contributed by atoms with Crippen molar-refractivity contribution in [1.82, 2.24) is 15.3 Å². The van der Waals surface area contributed by atoms with Gasteiger partial charge in [-0.15, -0.1) is 0 Å². The lowest BCUT2D eigenvalue weighted by atomic mass is 10.2. The van der Waals surface area contributed by atoms with E-state index in [0.717, 1.165) is 36.6 Å². The Hall–Kier alpha value is -1.20. The van der Waals surface area contributed by atoms with Crippen LogP contribution in [-0.4, -0.2) is 40.3 Å². The molecule has 0 aliphatic carbocycles. The predicted octanol–water partition coefficient (Wildman–Crippen LogP) is 0.346. The quantitative estimate of drug-likeness (QED) is 0.703. The van der Waals surface area contributed by atoms with E-state index in [1.54, 1.807) is 0 Å². The molecule has 0 aromatic carbocycles. The summed E-state index contributed by atoms with van der Waals surface area (Å²) in [6.45, 7) is 5.53. The monoisotopic (exact) mass is 236 g/mol. The summed E-state index contributed by atoms with van der Waals surface area (Å²) >= 11 is 0. The standard InChI is InChI=1S/C12H20N4O/c1-3-8-5-14-9(4-2)12(15-8)16-10-6-13-7-11(10)17/h5,10-11,13,17H,3-4,6-7H2,1-2H3,(H,15,16)/t10-,11+/m1/s1. The molecule has 0 spiro atoms. The zero-order valence-electron chi connectivity index (χ0n) is 10.4. The van der Waals surface area contributed by atoms with Gasteiger partial charge >= 0.3 is 0 Å². The summed E-state index contributed by atoms with van der Waals surface area (Å²) < 4.78 is 0. The van der Waals surface area contributed by atoms with Crippen LogP contribution in [-0.2, 0) is 12.8 Å². The highest BCUT2D eigenvalue weighted by atomic mass is 16.3. The lowest BCUT2D eigenvalue weighted by Crippen LogP contribution is -2.33. The largest absolute Gasteiger partial charge is 0.390 e. The summed E-state index contributed by atoms with van der Waals surface area (Å²) in [6, 6.07) is 0.0294. The lowest BCUT2D eigenvalue weighted by molar-refractivity contribution is 0.185. The predicted molar refractivity (Wildman–Crippen MR) is 67.1 cm³/mol. The summed E-state index contributed by atoms with van der Waals surface area (Å²) in [5.74, 6) is 0.819. The van der Waals surface area contributed by atoms with E-state index in [4.69, 9.17) is 0 Å². The highest BCUT2D eigenvalue weighted by Crippen LogP contribution is 2.15. The number of aryl methyl sites for hydroxylation is 2. The van der Waals surface area contributed by atoms with Gasteiger partial charge in [0.1, 0.15) is 5.82 Å². The first kappa shape index (κ1) is 12.3. The molecule has 1 fully saturated rings. The first-order valence-corrected chi connectivity index (χ1v) is 6.24. The van der Waals surface area contributed by atoms with Crippen LogP contribution in [0.25, 0.3) is 0 Å². The van der Waals surface area contributed by atoms with E-state index >= 15 is 0 Å². The Labute approximate surface area is 102 Å². The molecule has 0 saturated carbocycles. The van der Waals surface area contributed by atoms with E-state index in [9.17, 15) is 5.11 Å². The molecule has 2 heterocycles. The summed E-state index contributed by atoms with van der Waals surface area (Å²) in [4.78, 5) is 8.96. The molecular formula is C12H20N4O. The second kappa shape index (κ2) is 5.42. The number of rotatable bonds is 4. The number of aliphatic hydroxyl groups excluding tert-OH is 1. The van der Waals surface area contributed by atoms with Crippen molar-refractivity contribution in [2.45, 2.75) is 38.8 Å². The van der Waals surface area contributed by atoms with Crippen LogP contribution in [0.5, 0.6) is 0 Å². The van der Waals surface area contributed by atoms with Crippen molar-refractivity contribution in [3.05, 3.63) is 17.6 Å². The summed E-state index contributed by atoms with van der Waals surface area (Å²) in [5.41, 5.74) is 1.94. The SMILES string of the molecule is CCc1cnc(CC)c(N[C@@H]2CNC[C@@H]2O)n1. The maximum atomic E-state index is 9.77. The molecule has 5 heteroatoms. The molecule has 0 bridgehead atoms. The zero-order valence-corrected chi connectivity index (χ0v) is 10.4. The Morgan fingerprint density at radius 3 is 2.82 bits per heavy atom. The molecule has 1 saturated heterocycles. The van der Waals surface area contributed by atoms with Crippen LogP contribution in [0, 0.1) is 0 Å². The Bertz CT molecular complexity index is 383. The highest BCUT2D eigenvalue weighted by Gasteiger charge is 2.25. The molecule has 1 aromatic rings. The van der Waals surface area contributed by atoms with Gasteiger partial charge in [0.2, 0.25) is 0 Å². The molecule has 1 aliphatic heterocycles. The average molecular weight is 236 g/mol. The van der Waals surface area contributed by atoms with Crippen LogP contribution >= 0.6 is 0 Å². The molecule has 2 atom stereocenters. The van der Waals surface area contributed by atoms with Crippen molar-refractivity contribution >= 4 is 5.82 Å². The van der Waals surface area contributed by atoms with Gasteiger partial charge in [-0.25, -0.2) is 4.98 Å². The van der Waals surface area contributed by atoms with E-state index in [1.807, 2.05) is 6.20 Å². The van der Waals surface area contributed by atoms with Gasteiger partial charge in [0.15, 0.2) is 0 Å². The minimum Gasteiger partial charge on any atom is -0.390 e. The normalized spacial score (nSPS) is 23.9. The van der Waals surface area contributed by atoms with Crippen LogP contribution in [0.4, 0.5) is 5.82 Å². The number of hydrogen-bond acceptors (Lipinski definition) is 5. The Kier molecular flexibility index (Phi) is 3.91. The van der Waals surface area contributed by atoms with Gasteiger partial charge in [0.25, 0.3) is 0 Å². The number of aliphatic hydroxyl groups is 1. The summed E-state index contributed by atoms with van der Waals surface area (Å²) in [5, 5.41) is 16.2. The number of nitrogens with one attached hydrogen (secondary N) is 2. The van der Waals surface area contributed by atoms with Gasteiger partial charge in [-0.2, -0.15) is 0 Å². The molecule has 0 radical (unpaired) electrons. The van der Waals surface area contributed by atoms with E-state index in [-0.39, 0.29) is 12.1 Å². The number of anilines is 1. The van der Waals surface area contributed by atoms with Crippen LogP contribution in [0.2, 0.25) is 0 Å². The summed E-state index contributed by atoms with van der Waals surface area (Å²) in [7, 11) is 0. The number of hydrogen-bond donors (Lipinski definition) is 3. The summed E-state index contributed by atoms with van der Waals surface area (Å²) in [6.07, 6.45) is 3.19. The van der Waals surface area contributed by atoms with Gasteiger partial charge in [0.05, 0.1) is 23.5 Å². The van der Waals surface area contributed by atoms with Crippen molar-refractivity contribution in [3.63, 3.8) is 0 Å². The molecule has 17 heavy (non-hydrogen) atoms. The third kappa shape index (κ3) is 2.73. The second-order valence-corrected chi connectivity index (χ2v) is 4.34. The molecule has 5 nitrogen and oxygen atoms in total. The highest BCUT2D eigenvalue weighted by molar-refractivity contribution is 5.42. The first-order valence-electron chi connectivity index (χ1n) is 6.24. The Balaban J connectivity index is 2.17. The van der Waals surface area contributed by atoms with E-state index in [0.29, 0.717) is 6.54 Å². The van der Waals surface area contributed by atoms with Crippen LogP contribution in [0.15, 0.2) is 6.20 Å². The fraction of sp³-hybridized carbons (Fsp3) is 0.667. The molecule has 0 unspecified atom stereocenters. The van der Waals surface area contributed by atoms with Gasteiger partial charge < -0.3 is 15.7 Å². The molecule has 94 valence electrons. The maximum absolute atomic E-state index is 9.77. The van der Waals surface area contributed by atoms with Crippen LogP contribution in [0.1, 0.15) is 25.2 Å². The molecule has 1 aromatic heterocycles. The lowest BCUT2D eigenvalue weighted by Gasteiger charge is -2.18. The topological polar surface area (TPSA) is 70.1 Å². The second-order valence-electron chi connectivity index (χ2n) is 4.34. The number of β-amino-alcohol motifs (C(OH)–C–C–N with tert-alkyl or cyclic N) is 1. The smallest absolute Gasteiger partial charge is 0.148 e. The van der Waals surface area contributed by atoms with Gasteiger partial charge in [-0.05, 0) is 12.8 Å². The van der Waals surface area contributed by atoms with Crippen molar-refractivity contribution in [2.24, 2.45) is 0 Å². The number of nitrogens with zero attached hydrogens (tertiary/aromatic N) is 2. The van der Waals surface area contributed by atoms with Crippen LogP contribution in [0.3, 0.4) is 0 Å². The molecule has 0 amide bonds. The van der Waals surface area contributed by atoms with E-state index in [1.165, 1.54) is 0 Å². The van der Waals surface area contributed by atoms with Gasteiger partial charge in [0, 0.05) is 19.3 Å². The van der Waals surface area contributed by atoms with Crippen molar-refractivity contribution in [1.29, 1.82) is 0 Å². The fourth-order valence-electron chi connectivity index (χ4n) is 1.98. The van der Waals surface area contributed by atoms with Gasteiger partial charge in [-0.3, -0.25) is 4.98 Å². The van der Waals surface area contributed by atoms with Crippen molar-refractivity contribution in [3.8, 4) is 0 Å². The molecule has 1 aliphatic rings. The van der Waals surface area contributed by atoms with E-state index < -0.39 is 0 Å². The molecular weight excluding hydrogens is 216 g/mol.